The summed E-state index contributed by atoms with van der Waals surface area (Å²) in [7, 11) is 1.60. The lowest BCUT2D eigenvalue weighted by Crippen LogP contribution is -2.39. The maximum atomic E-state index is 13.4. The quantitative estimate of drug-likeness (QED) is 0.630. The zero-order valence-corrected chi connectivity index (χ0v) is 16.5. The summed E-state index contributed by atoms with van der Waals surface area (Å²) in [5.41, 5.74) is 0.975. The monoisotopic (exact) mass is 413 g/mol. The molecular weight excluding hydrogens is 392 g/mol. The molecule has 1 fully saturated rings. The van der Waals surface area contributed by atoms with Gasteiger partial charge in [-0.1, -0.05) is 17.3 Å². The molecule has 1 amide bonds. The molecule has 1 saturated heterocycles. The summed E-state index contributed by atoms with van der Waals surface area (Å²) < 4.78 is 37.1. The van der Waals surface area contributed by atoms with Gasteiger partial charge in [0.25, 0.3) is 5.91 Å². The van der Waals surface area contributed by atoms with Crippen molar-refractivity contribution in [2.75, 3.05) is 20.2 Å². The summed E-state index contributed by atoms with van der Waals surface area (Å²) in [4.78, 5) is 18.7. The number of aromatic nitrogens is 2. The van der Waals surface area contributed by atoms with Crippen LogP contribution in [0.3, 0.4) is 0 Å². The number of carbonyl (C=O) groups is 1. The summed E-state index contributed by atoms with van der Waals surface area (Å²) in [6, 6.07) is 10.7. The molecule has 30 heavy (non-hydrogen) atoms. The van der Waals surface area contributed by atoms with Gasteiger partial charge in [-0.05, 0) is 49.1 Å². The van der Waals surface area contributed by atoms with Crippen LogP contribution in [-0.4, -0.2) is 41.1 Å². The highest BCUT2D eigenvalue weighted by Gasteiger charge is 2.26. The van der Waals surface area contributed by atoms with Crippen molar-refractivity contribution in [1.29, 1.82) is 0 Å². The average molecular weight is 413 g/mol. The van der Waals surface area contributed by atoms with Crippen LogP contribution in [0, 0.1) is 17.6 Å². The number of ether oxygens (including phenoxy) is 1. The van der Waals surface area contributed by atoms with Crippen LogP contribution in [0.5, 0.6) is 5.75 Å². The molecule has 0 bridgehead atoms. The third kappa shape index (κ3) is 4.32. The van der Waals surface area contributed by atoms with Gasteiger partial charge in [-0.25, -0.2) is 8.78 Å². The van der Waals surface area contributed by atoms with Crippen LogP contribution in [0.25, 0.3) is 11.4 Å². The summed E-state index contributed by atoms with van der Waals surface area (Å²) >= 11 is 0. The molecule has 1 aromatic heterocycles. The van der Waals surface area contributed by atoms with E-state index in [0.29, 0.717) is 37.1 Å². The Bertz CT molecular complexity index is 1050. The van der Waals surface area contributed by atoms with E-state index in [2.05, 4.69) is 10.1 Å². The highest BCUT2D eigenvalue weighted by molar-refractivity contribution is 5.94. The fourth-order valence-electron chi connectivity index (χ4n) is 3.62. The van der Waals surface area contributed by atoms with Crippen molar-refractivity contribution >= 4 is 5.91 Å². The highest BCUT2D eigenvalue weighted by atomic mass is 19.2. The molecule has 4 rings (SSSR count). The van der Waals surface area contributed by atoms with E-state index in [4.69, 9.17) is 9.26 Å². The average Bonchev–Trinajstić information content (AvgIpc) is 3.24. The molecule has 0 aliphatic carbocycles. The first kappa shape index (κ1) is 20.0. The van der Waals surface area contributed by atoms with Crippen LogP contribution in [0.1, 0.15) is 29.1 Å². The Hall–Kier alpha value is -3.29. The molecule has 0 atom stereocenters. The Morgan fingerprint density at radius 3 is 2.70 bits per heavy atom. The van der Waals surface area contributed by atoms with E-state index >= 15 is 0 Å². The second kappa shape index (κ2) is 8.61. The van der Waals surface area contributed by atoms with Crippen molar-refractivity contribution in [2.45, 2.75) is 19.3 Å². The first-order valence-corrected chi connectivity index (χ1v) is 9.75. The fourth-order valence-corrected chi connectivity index (χ4v) is 3.62. The van der Waals surface area contributed by atoms with Crippen molar-refractivity contribution < 1.29 is 22.8 Å². The SMILES string of the molecule is COc1cccc(-c2noc(CC3CCN(C(=O)c4ccc(F)c(F)c4)CC3)n2)c1. The second-order valence-corrected chi connectivity index (χ2v) is 7.31. The molecule has 0 N–H and O–H groups in total. The third-order valence-electron chi connectivity index (χ3n) is 5.33. The molecule has 0 saturated carbocycles. The van der Waals surface area contributed by atoms with Gasteiger partial charge >= 0.3 is 0 Å². The minimum atomic E-state index is -1.01. The summed E-state index contributed by atoms with van der Waals surface area (Å²) in [6.45, 7) is 1.08. The van der Waals surface area contributed by atoms with Crippen molar-refractivity contribution in [3.63, 3.8) is 0 Å². The fraction of sp³-hybridized carbons (Fsp3) is 0.318. The molecule has 0 spiro atoms. The number of rotatable bonds is 5. The first-order valence-electron chi connectivity index (χ1n) is 9.75. The molecule has 6 nitrogen and oxygen atoms in total. The van der Waals surface area contributed by atoms with Gasteiger partial charge < -0.3 is 14.2 Å². The topological polar surface area (TPSA) is 68.5 Å². The molecule has 8 heteroatoms. The van der Waals surface area contributed by atoms with Gasteiger partial charge in [0.15, 0.2) is 11.6 Å². The normalized spacial score (nSPS) is 14.7. The second-order valence-electron chi connectivity index (χ2n) is 7.31. The zero-order valence-electron chi connectivity index (χ0n) is 16.5. The standard InChI is InChI=1S/C22H21F2N3O3/c1-29-17-4-2-3-15(12-17)21-25-20(30-26-21)11-14-7-9-27(10-8-14)22(28)16-5-6-18(23)19(24)13-16/h2-6,12-14H,7-11H2,1H3. The Morgan fingerprint density at radius 2 is 1.97 bits per heavy atom. The molecule has 0 unspecified atom stereocenters. The van der Waals surface area contributed by atoms with Crippen LogP contribution in [0.15, 0.2) is 47.0 Å². The maximum Gasteiger partial charge on any atom is 0.253 e. The van der Waals surface area contributed by atoms with E-state index in [1.165, 1.54) is 6.07 Å². The molecule has 2 aromatic carbocycles. The summed E-state index contributed by atoms with van der Waals surface area (Å²) in [5, 5.41) is 4.05. The van der Waals surface area contributed by atoms with E-state index in [1.54, 1.807) is 12.0 Å². The predicted octanol–water partition coefficient (Wildman–Crippen LogP) is 4.12. The van der Waals surface area contributed by atoms with E-state index < -0.39 is 11.6 Å². The van der Waals surface area contributed by atoms with Crippen molar-refractivity contribution in [3.05, 3.63) is 65.6 Å². The number of piperidine rings is 1. The summed E-state index contributed by atoms with van der Waals surface area (Å²) in [6.07, 6.45) is 2.17. The van der Waals surface area contributed by atoms with E-state index in [0.717, 1.165) is 36.3 Å². The predicted molar refractivity (Wildman–Crippen MR) is 105 cm³/mol. The van der Waals surface area contributed by atoms with Crippen LogP contribution in [0.2, 0.25) is 0 Å². The Kier molecular flexibility index (Phi) is 5.74. The number of benzene rings is 2. The number of hydrogen-bond acceptors (Lipinski definition) is 5. The molecule has 1 aliphatic heterocycles. The maximum absolute atomic E-state index is 13.4. The number of likely N-dealkylation sites (tertiary alicyclic amines) is 1. The van der Waals surface area contributed by atoms with Crippen LogP contribution in [-0.2, 0) is 6.42 Å². The number of amides is 1. The highest BCUT2D eigenvalue weighted by Crippen LogP contribution is 2.25. The smallest absolute Gasteiger partial charge is 0.253 e. The Labute approximate surface area is 172 Å². The third-order valence-corrected chi connectivity index (χ3v) is 5.33. The van der Waals surface area contributed by atoms with Gasteiger partial charge in [-0.3, -0.25) is 4.79 Å². The van der Waals surface area contributed by atoms with Gasteiger partial charge in [0.05, 0.1) is 7.11 Å². The van der Waals surface area contributed by atoms with Crippen molar-refractivity contribution in [1.82, 2.24) is 15.0 Å². The van der Waals surface area contributed by atoms with Crippen molar-refractivity contribution in [3.8, 4) is 17.1 Å². The molecule has 156 valence electrons. The number of hydrogen-bond donors (Lipinski definition) is 0. The lowest BCUT2D eigenvalue weighted by atomic mass is 9.93. The largest absolute Gasteiger partial charge is 0.497 e. The lowest BCUT2D eigenvalue weighted by molar-refractivity contribution is 0.0687. The number of carbonyl (C=O) groups excluding carboxylic acids is 1. The van der Waals surface area contributed by atoms with Gasteiger partial charge in [-0.2, -0.15) is 4.98 Å². The minimum Gasteiger partial charge on any atom is -0.497 e. The van der Waals surface area contributed by atoms with Crippen LogP contribution < -0.4 is 4.74 Å². The molecule has 0 radical (unpaired) electrons. The molecule has 3 aromatic rings. The number of nitrogens with zero attached hydrogens (tertiary/aromatic N) is 3. The van der Waals surface area contributed by atoms with E-state index in [9.17, 15) is 13.6 Å². The lowest BCUT2D eigenvalue weighted by Gasteiger charge is -2.31. The van der Waals surface area contributed by atoms with Gasteiger partial charge in [0, 0.05) is 30.6 Å². The first-order chi connectivity index (χ1) is 14.5. The van der Waals surface area contributed by atoms with E-state index in [-0.39, 0.29) is 11.5 Å². The molecule has 2 heterocycles. The minimum absolute atomic E-state index is 0.159. The molecule has 1 aliphatic rings. The molecular formula is C22H21F2N3O3. The van der Waals surface area contributed by atoms with Gasteiger partial charge in [0.2, 0.25) is 11.7 Å². The number of halogens is 2. The Balaban J connectivity index is 1.34. The zero-order chi connectivity index (χ0) is 21.1. The van der Waals surface area contributed by atoms with Crippen molar-refractivity contribution in [2.24, 2.45) is 5.92 Å². The Morgan fingerprint density at radius 1 is 1.17 bits per heavy atom. The van der Waals surface area contributed by atoms with Gasteiger partial charge in [-0.15, -0.1) is 0 Å². The van der Waals surface area contributed by atoms with Gasteiger partial charge in [0.1, 0.15) is 5.75 Å². The van der Waals surface area contributed by atoms with Crippen LogP contribution >= 0.6 is 0 Å². The van der Waals surface area contributed by atoms with Crippen LogP contribution in [0.4, 0.5) is 8.78 Å². The van der Waals surface area contributed by atoms with E-state index in [1.807, 2.05) is 24.3 Å². The summed E-state index contributed by atoms with van der Waals surface area (Å²) in [5.74, 6) is -0.176. The number of methoxy groups -OCH3 is 1.